The summed E-state index contributed by atoms with van der Waals surface area (Å²) >= 11 is 0. The first-order valence-electron chi connectivity index (χ1n) is 7.41. The van der Waals surface area contributed by atoms with Gasteiger partial charge < -0.3 is 5.11 Å². The minimum Gasteiger partial charge on any atom is -0.378 e. The highest BCUT2D eigenvalue weighted by molar-refractivity contribution is 5.42. The van der Waals surface area contributed by atoms with Crippen LogP contribution in [-0.4, -0.2) is 10.1 Å². The quantitative estimate of drug-likeness (QED) is 0.803. The van der Waals surface area contributed by atoms with Crippen LogP contribution in [0.1, 0.15) is 22.4 Å². The molecule has 0 amide bonds. The largest absolute Gasteiger partial charge is 0.378 e. The molecule has 3 heteroatoms. The van der Waals surface area contributed by atoms with Crippen LogP contribution >= 0.6 is 0 Å². The Kier molecular flexibility index (Phi) is 4.18. The van der Waals surface area contributed by atoms with Gasteiger partial charge in [0.25, 0.3) is 0 Å². The summed E-state index contributed by atoms with van der Waals surface area (Å²) in [7, 11) is 0. The van der Waals surface area contributed by atoms with Gasteiger partial charge in [-0.1, -0.05) is 54.6 Å². The third-order valence-corrected chi connectivity index (χ3v) is 3.92. The van der Waals surface area contributed by atoms with E-state index in [0.717, 1.165) is 11.1 Å². The molecule has 0 saturated carbocycles. The molecule has 1 heterocycles. The molecule has 0 saturated heterocycles. The Labute approximate surface area is 135 Å². The average Bonchev–Trinajstić information content (AvgIpc) is 2.63. The van der Waals surface area contributed by atoms with Gasteiger partial charge in [0.15, 0.2) is 0 Å². The predicted octanol–water partition coefficient (Wildman–Crippen LogP) is 3.43. The van der Waals surface area contributed by atoms with Crippen LogP contribution in [-0.2, 0) is 12.0 Å². The zero-order valence-corrected chi connectivity index (χ0v) is 12.6. The van der Waals surface area contributed by atoms with E-state index in [-0.39, 0.29) is 6.42 Å². The molecule has 0 fully saturated rings. The number of pyridine rings is 1. The Morgan fingerprint density at radius 1 is 0.913 bits per heavy atom. The molecule has 23 heavy (non-hydrogen) atoms. The second-order valence-corrected chi connectivity index (χ2v) is 5.39. The predicted molar refractivity (Wildman–Crippen MR) is 88.5 cm³/mol. The molecule has 0 radical (unpaired) electrons. The molecule has 0 aliphatic heterocycles. The van der Waals surface area contributed by atoms with Crippen molar-refractivity contribution in [3.05, 3.63) is 101 Å². The van der Waals surface area contributed by atoms with Crippen LogP contribution in [0.4, 0.5) is 0 Å². The Balaban J connectivity index is 2.12. The molecule has 112 valence electrons. The van der Waals surface area contributed by atoms with Crippen LogP contribution in [0.15, 0.2) is 79.0 Å². The van der Waals surface area contributed by atoms with Crippen LogP contribution in [0.5, 0.6) is 0 Å². The summed E-state index contributed by atoms with van der Waals surface area (Å²) in [6, 6.07) is 24.4. The molecule has 0 aliphatic rings. The van der Waals surface area contributed by atoms with Gasteiger partial charge in [-0.3, -0.25) is 4.98 Å². The van der Waals surface area contributed by atoms with Gasteiger partial charge in [0.2, 0.25) is 0 Å². The van der Waals surface area contributed by atoms with Crippen molar-refractivity contribution in [1.82, 2.24) is 4.98 Å². The summed E-state index contributed by atoms with van der Waals surface area (Å²) in [5, 5.41) is 20.8. The SMILES string of the molecule is N#Cc1ccccc1CC(O)(c1ccccc1)c1ccccn1. The van der Waals surface area contributed by atoms with Crippen LogP contribution in [0, 0.1) is 11.3 Å². The van der Waals surface area contributed by atoms with Gasteiger partial charge in [0.1, 0.15) is 5.60 Å². The standard InChI is InChI=1S/C20H16N2O/c21-15-17-9-5-4-8-16(17)14-20(23,18-10-2-1-3-11-18)19-12-6-7-13-22-19/h1-13,23H,14H2. The lowest BCUT2D eigenvalue weighted by Gasteiger charge is -2.28. The minimum atomic E-state index is -1.28. The van der Waals surface area contributed by atoms with E-state index in [1.54, 1.807) is 12.3 Å². The van der Waals surface area contributed by atoms with Crippen LogP contribution < -0.4 is 0 Å². The number of aromatic nitrogens is 1. The molecule has 3 nitrogen and oxygen atoms in total. The summed E-state index contributed by atoms with van der Waals surface area (Å²) < 4.78 is 0. The highest BCUT2D eigenvalue weighted by atomic mass is 16.3. The van der Waals surface area contributed by atoms with E-state index in [1.165, 1.54) is 0 Å². The second kappa shape index (κ2) is 6.43. The lowest BCUT2D eigenvalue weighted by atomic mass is 9.83. The summed E-state index contributed by atoms with van der Waals surface area (Å²) in [5.74, 6) is 0. The van der Waals surface area contributed by atoms with Gasteiger partial charge in [0, 0.05) is 12.6 Å². The third-order valence-electron chi connectivity index (χ3n) is 3.92. The van der Waals surface area contributed by atoms with Gasteiger partial charge in [-0.25, -0.2) is 0 Å². The van der Waals surface area contributed by atoms with Crippen LogP contribution in [0.3, 0.4) is 0 Å². The second-order valence-electron chi connectivity index (χ2n) is 5.39. The molecule has 0 spiro atoms. The molecule has 1 atom stereocenters. The number of hydrogen-bond donors (Lipinski definition) is 1. The maximum Gasteiger partial charge on any atom is 0.135 e. The van der Waals surface area contributed by atoms with Crippen molar-refractivity contribution in [3.63, 3.8) is 0 Å². The van der Waals surface area contributed by atoms with Gasteiger partial charge in [-0.2, -0.15) is 5.26 Å². The van der Waals surface area contributed by atoms with Crippen molar-refractivity contribution in [2.75, 3.05) is 0 Å². The number of hydrogen-bond acceptors (Lipinski definition) is 3. The van der Waals surface area contributed by atoms with Gasteiger partial charge in [0.05, 0.1) is 17.3 Å². The summed E-state index contributed by atoms with van der Waals surface area (Å²) in [4.78, 5) is 4.35. The van der Waals surface area contributed by atoms with E-state index in [4.69, 9.17) is 0 Å². The van der Waals surface area contributed by atoms with E-state index in [2.05, 4.69) is 11.1 Å². The number of nitriles is 1. The molecular weight excluding hydrogens is 284 g/mol. The molecule has 1 unspecified atom stereocenters. The third kappa shape index (κ3) is 2.98. The van der Waals surface area contributed by atoms with E-state index in [0.29, 0.717) is 11.3 Å². The maximum atomic E-state index is 11.5. The van der Waals surface area contributed by atoms with E-state index in [9.17, 15) is 10.4 Å². The molecule has 1 aromatic heterocycles. The molecular formula is C20H16N2O. The fourth-order valence-electron chi connectivity index (χ4n) is 2.72. The Bertz CT molecular complexity index is 784. The zero-order chi connectivity index (χ0) is 16.1. The summed E-state index contributed by atoms with van der Waals surface area (Å²) in [6.45, 7) is 0. The van der Waals surface area contributed by atoms with Gasteiger partial charge >= 0.3 is 0 Å². The van der Waals surface area contributed by atoms with Crippen molar-refractivity contribution in [2.24, 2.45) is 0 Å². The summed E-state index contributed by atoms with van der Waals surface area (Å²) in [5.41, 5.74) is 1.41. The van der Waals surface area contributed by atoms with Crippen molar-refractivity contribution >= 4 is 0 Å². The maximum absolute atomic E-state index is 11.5. The summed E-state index contributed by atoms with van der Waals surface area (Å²) in [6.07, 6.45) is 1.96. The van der Waals surface area contributed by atoms with E-state index in [1.807, 2.05) is 66.7 Å². The molecule has 3 rings (SSSR count). The van der Waals surface area contributed by atoms with Crippen molar-refractivity contribution in [3.8, 4) is 6.07 Å². The smallest absolute Gasteiger partial charge is 0.135 e. The van der Waals surface area contributed by atoms with Crippen molar-refractivity contribution in [1.29, 1.82) is 5.26 Å². The highest BCUT2D eigenvalue weighted by Crippen LogP contribution is 2.32. The van der Waals surface area contributed by atoms with E-state index < -0.39 is 5.60 Å². The van der Waals surface area contributed by atoms with Gasteiger partial charge in [-0.05, 0) is 29.3 Å². The highest BCUT2D eigenvalue weighted by Gasteiger charge is 2.33. The Morgan fingerprint density at radius 3 is 2.30 bits per heavy atom. The van der Waals surface area contributed by atoms with Crippen LogP contribution in [0.2, 0.25) is 0 Å². The first kappa shape index (κ1) is 15.0. The first-order valence-corrected chi connectivity index (χ1v) is 7.41. The normalized spacial score (nSPS) is 13.0. The lowest BCUT2D eigenvalue weighted by molar-refractivity contribution is 0.0764. The van der Waals surface area contributed by atoms with Crippen LogP contribution in [0.25, 0.3) is 0 Å². The molecule has 2 aromatic carbocycles. The number of benzene rings is 2. The number of rotatable bonds is 4. The molecule has 1 N–H and O–H groups in total. The molecule has 3 aromatic rings. The first-order chi connectivity index (χ1) is 11.2. The molecule has 0 aliphatic carbocycles. The minimum absolute atomic E-state index is 0.289. The van der Waals surface area contributed by atoms with Gasteiger partial charge in [-0.15, -0.1) is 0 Å². The van der Waals surface area contributed by atoms with Crippen molar-refractivity contribution < 1.29 is 5.11 Å². The fraction of sp³-hybridized carbons (Fsp3) is 0.100. The van der Waals surface area contributed by atoms with Crippen molar-refractivity contribution in [2.45, 2.75) is 12.0 Å². The van der Waals surface area contributed by atoms with E-state index >= 15 is 0 Å². The Morgan fingerprint density at radius 2 is 1.61 bits per heavy atom. The zero-order valence-electron chi connectivity index (χ0n) is 12.6. The number of nitrogens with zero attached hydrogens (tertiary/aromatic N) is 2. The monoisotopic (exact) mass is 300 g/mol. The number of aliphatic hydroxyl groups is 1. The molecule has 0 bridgehead atoms. The Hall–Kier alpha value is -2.96. The topological polar surface area (TPSA) is 56.9 Å². The average molecular weight is 300 g/mol. The fourth-order valence-corrected chi connectivity index (χ4v) is 2.72. The lowest BCUT2D eigenvalue weighted by Crippen LogP contribution is -2.31.